The first-order chi connectivity index (χ1) is 9.74. The van der Waals surface area contributed by atoms with Crippen molar-refractivity contribution in [1.82, 2.24) is 10.6 Å². The van der Waals surface area contributed by atoms with E-state index in [1.165, 1.54) is 5.69 Å². The third kappa shape index (κ3) is 5.32. The molecule has 0 aliphatic carbocycles. The number of anilines is 1. The van der Waals surface area contributed by atoms with Crippen LogP contribution in [0.3, 0.4) is 0 Å². The second-order valence-electron chi connectivity index (χ2n) is 4.88. The summed E-state index contributed by atoms with van der Waals surface area (Å²) in [5, 5.41) is 6.81. The number of hydrogen-bond donors (Lipinski definition) is 2. The smallest absolute Gasteiger partial charge is 0.191 e. The Labute approximate surface area is 152 Å². The first-order valence-corrected chi connectivity index (χ1v) is 8.08. The van der Waals surface area contributed by atoms with Crippen LogP contribution in [0.25, 0.3) is 0 Å². The highest BCUT2D eigenvalue weighted by atomic mass is 127. The summed E-state index contributed by atoms with van der Waals surface area (Å²) < 4.78 is 1.16. The SMILES string of the molecule is CCN=C(NCC)NC1CCN(c2ccccc2Br)C1.I. The van der Waals surface area contributed by atoms with Gasteiger partial charge in [0.2, 0.25) is 0 Å². The van der Waals surface area contributed by atoms with E-state index in [4.69, 9.17) is 0 Å². The molecule has 21 heavy (non-hydrogen) atoms. The minimum atomic E-state index is 0. The van der Waals surface area contributed by atoms with Gasteiger partial charge in [-0.3, -0.25) is 4.99 Å². The van der Waals surface area contributed by atoms with Gasteiger partial charge in [-0.25, -0.2) is 0 Å². The number of nitrogens with zero attached hydrogens (tertiary/aromatic N) is 2. The van der Waals surface area contributed by atoms with Crippen molar-refractivity contribution in [3.05, 3.63) is 28.7 Å². The van der Waals surface area contributed by atoms with Crippen molar-refractivity contribution in [2.75, 3.05) is 31.1 Å². The van der Waals surface area contributed by atoms with Crippen molar-refractivity contribution < 1.29 is 0 Å². The van der Waals surface area contributed by atoms with Crippen molar-refractivity contribution in [3.8, 4) is 0 Å². The standard InChI is InChI=1S/C15H23BrN4.HI/c1-3-17-15(18-4-2)19-12-9-10-20(11-12)14-8-6-5-7-13(14)16;/h5-8,12H,3-4,9-11H2,1-2H3,(H2,17,18,19);1H. The largest absolute Gasteiger partial charge is 0.368 e. The number of nitrogens with one attached hydrogen (secondary N) is 2. The van der Waals surface area contributed by atoms with Crippen molar-refractivity contribution in [3.63, 3.8) is 0 Å². The second kappa shape index (κ2) is 9.50. The Bertz CT molecular complexity index is 467. The molecule has 6 heteroatoms. The third-order valence-electron chi connectivity index (χ3n) is 3.38. The van der Waals surface area contributed by atoms with Crippen LogP contribution < -0.4 is 15.5 Å². The first kappa shape index (κ1) is 18.5. The Kier molecular flexibility index (Phi) is 8.39. The van der Waals surface area contributed by atoms with E-state index in [9.17, 15) is 0 Å². The molecule has 0 radical (unpaired) electrons. The van der Waals surface area contributed by atoms with E-state index in [2.05, 4.69) is 74.6 Å². The van der Waals surface area contributed by atoms with Gasteiger partial charge in [-0.1, -0.05) is 12.1 Å². The fourth-order valence-electron chi connectivity index (χ4n) is 2.48. The summed E-state index contributed by atoms with van der Waals surface area (Å²) in [6, 6.07) is 8.85. The van der Waals surface area contributed by atoms with E-state index in [1.807, 2.05) is 0 Å². The number of para-hydroxylation sites is 1. The number of hydrogen-bond acceptors (Lipinski definition) is 2. The minimum Gasteiger partial charge on any atom is -0.368 e. The monoisotopic (exact) mass is 466 g/mol. The lowest BCUT2D eigenvalue weighted by Crippen LogP contribution is -2.44. The number of guanidine groups is 1. The zero-order valence-electron chi connectivity index (χ0n) is 12.6. The maximum atomic E-state index is 4.46. The molecule has 0 bridgehead atoms. The van der Waals surface area contributed by atoms with Gasteiger partial charge in [-0.05, 0) is 48.3 Å². The Morgan fingerprint density at radius 1 is 1.38 bits per heavy atom. The summed E-state index contributed by atoms with van der Waals surface area (Å²) in [4.78, 5) is 6.87. The summed E-state index contributed by atoms with van der Waals surface area (Å²) in [6.07, 6.45) is 1.13. The normalized spacial score (nSPS) is 18.3. The van der Waals surface area contributed by atoms with Crippen molar-refractivity contribution in [2.45, 2.75) is 26.3 Å². The van der Waals surface area contributed by atoms with Crippen molar-refractivity contribution in [2.24, 2.45) is 4.99 Å². The molecule has 2 rings (SSSR count). The highest BCUT2D eigenvalue weighted by molar-refractivity contribution is 14.0. The molecule has 1 saturated heterocycles. The molecule has 4 nitrogen and oxygen atoms in total. The summed E-state index contributed by atoms with van der Waals surface area (Å²) >= 11 is 3.63. The molecular weight excluding hydrogens is 443 g/mol. The third-order valence-corrected chi connectivity index (χ3v) is 4.05. The Morgan fingerprint density at radius 2 is 2.14 bits per heavy atom. The van der Waals surface area contributed by atoms with Crippen LogP contribution in [0.15, 0.2) is 33.7 Å². The predicted molar refractivity (Wildman–Crippen MR) is 105 cm³/mol. The van der Waals surface area contributed by atoms with Crippen LogP contribution in [-0.2, 0) is 0 Å². The topological polar surface area (TPSA) is 39.7 Å². The second-order valence-corrected chi connectivity index (χ2v) is 5.73. The molecule has 0 spiro atoms. The highest BCUT2D eigenvalue weighted by Gasteiger charge is 2.24. The van der Waals surface area contributed by atoms with Gasteiger partial charge in [0.25, 0.3) is 0 Å². The molecule has 0 saturated carbocycles. The lowest BCUT2D eigenvalue weighted by Gasteiger charge is -2.21. The average Bonchev–Trinajstić information content (AvgIpc) is 2.88. The zero-order valence-corrected chi connectivity index (χ0v) is 16.5. The van der Waals surface area contributed by atoms with Gasteiger partial charge in [0.1, 0.15) is 0 Å². The Morgan fingerprint density at radius 3 is 2.81 bits per heavy atom. The highest BCUT2D eigenvalue weighted by Crippen LogP contribution is 2.28. The van der Waals surface area contributed by atoms with Crippen molar-refractivity contribution >= 4 is 51.6 Å². The van der Waals surface area contributed by atoms with E-state index in [1.54, 1.807) is 0 Å². The number of rotatable bonds is 4. The molecule has 2 N–H and O–H groups in total. The number of benzene rings is 1. The average molecular weight is 467 g/mol. The van der Waals surface area contributed by atoms with Crippen LogP contribution in [0.5, 0.6) is 0 Å². The Balaban J connectivity index is 0.00000220. The van der Waals surface area contributed by atoms with Gasteiger partial charge in [0.05, 0.1) is 5.69 Å². The molecule has 1 unspecified atom stereocenters. The number of aliphatic imine (C=N–C) groups is 1. The minimum absolute atomic E-state index is 0. The van der Waals surface area contributed by atoms with Crippen LogP contribution in [-0.4, -0.2) is 38.2 Å². The fraction of sp³-hybridized carbons (Fsp3) is 0.533. The molecule has 1 heterocycles. The molecular formula is C15H24BrIN4. The maximum absolute atomic E-state index is 4.46. The molecule has 0 aromatic heterocycles. The lowest BCUT2D eigenvalue weighted by molar-refractivity contribution is 0.650. The van der Waals surface area contributed by atoms with E-state index in [0.717, 1.165) is 43.0 Å². The van der Waals surface area contributed by atoms with Crippen LogP contribution in [0, 0.1) is 0 Å². The molecule has 1 aliphatic rings. The van der Waals surface area contributed by atoms with Gasteiger partial charge in [-0.2, -0.15) is 0 Å². The van der Waals surface area contributed by atoms with Crippen LogP contribution >= 0.6 is 39.9 Å². The summed E-state index contributed by atoms with van der Waals surface area (Å²) in [6.45, 7) is 7.93. The molecule has 1 aliphatic heterocycles. The van der Waals surface area contributed by atoms with Gasteiger partial charge in [0.15, 0.2) is 5.96 Å². The molecule has 1 aromatic carbocycles. The van der Waals surface area contributed by atoms with E-state index in [0.29, 0.717) is 6.04 Å². The summed E-state index contributed by atoms with van der Waals surface area (Å²) in [5.41, 5.74) is 1.27. The first-order valence-electron chi connectivity index (χ1n) is 7.29. The van der Waals surface area contributed by atoms with E-state index < -0.39 is 0 Å². The molecule has 1 fully saturated rings. The van der Waals surface area contributed by atoms with Crippen LogP contribution in [0.2, 0.25) is 0 Å². The molecule has 1 aromatic rings. The molecule has 1 atom stereocenters. The lowest BCUT2D eigenvalue weighted by atomic mass is 10.3. The van der Waals surface area contributed by atoms with Crippen molar-refractivity contribution in [1.29, 1.82) is 0 Å². The maximum Gasteiger partial charge on any atom is 0.191 e. The van der Waals surface area contributed by atoms with Crippen LogP contribution in [0.4, 0.5) is 5.69 Å². The number of halogens is 2. The fourth-order valence-corrected chi connectivity index (χ4v) is 3.01. The predicted octanol–water partition coefficient (Wildman–Crippen LogP) is 3.22. The molecule has 0 amide bonds. The summed E-state index contributed by atoms with van der Waals surface area (Å²) in [7, 11) is 0. The van der Waals surface area contributed by atoms with Crippen LogP contribution in [0.1, 0.15) is 20.3 Å². The summed E-state index contributed by atoms with van der Waals surface area (Å²) in [5.74, 6) is 0.925. The van der Waals surface area contributed by atoms with Gasteiger partial charge in [0, 0.05) is 36.7 Å². The molecule has 118 valence electrons. The van der Waals surface area contributed by atoms with Gasteiger partial charge < -0.3 is 15.5 Å². The van der Waals surface area contributed by atoms with E-state index >= 15 is 0 Å². The van der Waals surface area contributed by atoms with Gasteiger partial charge in [-0.15, -0.1) is 24.0 Å². The zero-order chi connectivity index (χ0) is 14.4. The Hall–Kier alpha value is -0.500. The quantitative estimate of drug-likeness (QED) is 0.406. The van der Waals surface area contributed by atoms with E-state index in [-0.39, 0.29) is 24.0 Å². The van der Waals surface area contributed by atoms with Gasteiger partial charge >= 0.3 is 0 Å².